The Morgan fingerprint density at radius 1 is 0.643 bits per heavy atom. The van der Waals surface area contributed by atoms with Crippen molar-refractivity contribution in [2.24, 2.45) is 74.9 Å². The average molecular weight is 808 g/mol. The molecule has 12 bridgehead atoms. The van der Waals surface area contributed by atoms with Crippen LogP contribution in [0.1, 0.15) is 96.3 Å². The molecule has 6 unspecified atom stereocenters. The van der Waals surface area contributed by atoms with E-state index in [-0.39, 0.29) is 91.4 Å². The Bertz CT molecular complexity index is 1570. The highest BCUT2D eigenvalue weighted by atomic mass is 32.2. The molecule has 12 saturated carbocycles. The van der Waals surface area contributed by atoms with Crippen LogP contribution in [0.15, 0.2) is 0 Å². The zero-order valence-electron chi connectivity index (χ0n) is 31.3. The SMILES string of the molecule is O=C1C2CC3CC1CC(C(=O)OCC1(COC(=O)C45CC6CC(C4)C(=O)C(C6)C5)COC4(OC1)C1CC5CC4CC(C(=O)OCC(F)(F)SOO[O-])(C5)C1)(C3)C2. The first kappa shape index (κ1) is 38.0. The molecular weight excluding hydrogens is 758 g/mol. The molecule has 0 aromatic heterocycles. The molecule has 1 spiro atoms. The number of rotatable bonds is 12. The molecule has 13 nitrogen and oxygen atoms in total. The quantitative estimate of drug-likeness (QED) is 0.0892. The minimum absolute atomic E-state index is 0.0621. The fraction of sp³-hybridized carbons (Fsp3) is 0.875. The summed E-state index contributed by atoms with van der Waals surface area (Å²) in [5.74, 6) is -1.90. The lowest BCUT2D eigenvalue weighted by Gasteiger charge is -2.65. The van der Waals surface area contributed by atoms with Gasteiger partial charge in [-0.05, 0) is 114 Å². The van der Waals surface area contributed by atoms with Gasteiger partial charge in [0.25, 0.3) is 0 Å². The number of Topliss-reactive ketones (excluding diaryl/α,β-unsaturated/α-hetero) is 2. The molecule has 1 heterocycles. The maximum absolute atomic E-state index is 14.1. The van der Waals surface area contributed by atoms with Gasteiger partial charge in [0.15, 0.2) is 12.4 Å². The van der Waals surface area contributed by atoms with E-state index in [9.17, 15) is 38.0 Å². The van der Waals surface area contributed by atoms with Crippen molar-refractivity contribution < 1.29 is 71.1 Å². The third kappa shape index (κ3) is 5.95. The van der Waals surface area contributed by atoms with Gasteiger partial charge in [-0.1, -0.05) is 0 Å². The first-order valence-electron chi connectivity index (χ1n) is 20.6. The van der Waals surface area contributed by atoms with Crippen LogP contribution in [0.4, 0.5) is 8.78 Å². The van der Waals surface area contributed by atoms with E-state index in [0.717, 1.165) is 38.5 Å². The van der Waals surface area contributed by atoms with Crippen molar-refractivity contribution in [3.05, 3.63) is 0 Å². The van der Waals surface area contributed by atoms with Crippen LogP contribution in [0, 0.1) is 74.9 Å². The molecule has 1 aliphatic heterocycles. The second kappa shape index (κ2) is 13.1. The summed E-state index contributed by atoms with van der Waals surface area (Å²) < 4.78 is 63.2. The summed E-state index contributed by atoms with van der Waals surface area (Å²) in [6, 6.07) is 0. The van der Waals surface area contributed by atoms with Crippen LogP contribution in [0.25, 0.3) is 0 Å². The standard InChI is InChI=1S/C40H50F2O13S/c41-39(42,56-55-54-48)20-51-34(47)38-9-23-5-28(14-38)40(29(6-23)15-38)52-18-35(19-53-40,16-49-32(45)36-7-21-1-24(10-36)30(43)25(2-21)11-36)17-50-33(46)37-8-22-3-26(12-37)31(44)27(4-22)13-37/h21-29,48H,1-20H2/p-1. The Morgan fingerprint density at radius 2 is 1.05 bits per heavy atom. The molecule has 1 saturated heterocycles. The Labute approximate surface area is 327 Å². The van der Waals surface area contributed by atoms with E-state index < -0.39 is 57.3 Å². The molecule has 13 rings (SSSR count). The predicted octanol–water partition coefficient (Wildman–Crippen LogP) is 4.43. The second-order valence-electron chi connectivity index (χ2n) is 20.1. The molecule has 56 heavy (non-hydrogen) atoms. The summed E-state index contributed by atoms with van der Waals surface area (Å²) in [4.78, 5) is 67.4. The average Bonchev–Trinajstić information content (AvgIpc) is 3.17. The monoisotopic (exact) mass is 807 g/mol. The van der Waals surface area contributed by atoms with Crippen LogP contribution in [-0.2, 0) is 57.0 Å². The Hall–Kier alpha value is -2.24. The molecule has 13 fully saturated rings. The number of hydrogen-bond donors (Lipinski definition) is 0. The smallest absolute Gasteiger partial charge is 0.354 e. The van der Waals surface area contributed by atoms with Crippen molar-refractivity contribution in [3.63, 3.8) is 0 Å². The lowest BCUT2D eigenvalue weighted by atomic mass is 9.47. The molecule has 0 aromatic rings. The van der Waals surface area contributed by atoms with Crippen molar-refractivity contribution in [2.45, 2.75) is 107 Å². The fourth-order valence-electron chi connectivity index (χ4n) is 14.6. The van der Waals surface area contributed by atoms with E-state index in [0.29, 0.717) is 69.6 Å². The third-order valence-electron chi connectivity index (χ3n) is 16.4. The van der Waals surface area contributed by atoms with Crippen LogP contribution in [-0.4, -0.2) is 73.6 Å². The largest absolute Gasteiger partial charge is 0.691 e. The van der Waals surface area contributed by atoms with Crippen molar-refractivity contribution in [3.8, 4) is 0 Å². The topological polar surface area (TPSA) is 173 Å². The van der Waals surface area contributed by atoms with E-state index in [4.69, 9.17) is 23.7 Å². The second-order valence-corrected chi connectivity index (χ2v) is 21.0. The highest BCUT2D eigenvalue weighted by Crippen LogP contribution is 2.67. The Morgan fingerprint density at radius 3 is 1.50 bits per heavy atom. The van der Waals surface area contributed by atoms with Gasteiger partial charge in [-0.3, -0.25) is 29.0 Å². The number of ether oxygens (including phenoxy) is 5. The van der Waals surface area contributed by atoms with E-state index in [1.165, 1.54) is 0 Å². The maximum atomic E-state index is 14.1. The van der Waals surface area contributed by atoms with E-state index in [2.05, 4.69) is 9.37 Å². The zero-order valence-corrected chi connectivity index (χ0v) is 32.1. The number of carbonyl (C=O) groups excluding carboxylic acids is 5. The highest BCUT2D eigenvalue weighted by molar-refractivity contribution is 7.95. The maximum Gasteiger partial charge on any atom is 0.354 e. The molecule has 0 N–H and O–H groups in total. The van der Waals surface area contributed by atoms with Gasteiger partial charge in [-0.2, -0.15) is 13.1 Å². The van der Waals surface area contributed by atoms with E-state index >= 15 is 0 Å². The summed E-state index contributed by atoms with van der Waals surface area (Å²) in [6.45, 7) is -1.37. The number of ketones is 2. The molecule has 16 heteroatoms. The van der Waals surface area contributed by atoms with Gasteiger partial charge >= 0.3 is 23.2 Å². The Balaban J connectivity index is 0.850. The number of hydrogen-bond acceptors (Lipinski definition) is 14. The van der Waals surface area contributed by atoms with Gasteiger partial charge in [0.05, 0.1) is 34.9 Å². The minimum atomic E-state index is -3.68. The van der Waals surface area contributed by atoms with Gasteiger partial charge < -0.3 is 28.9 Å². The number of carbonyl (C=O) groups is 5. The minimum Gasteiger partial charge on any atom is -0.691 e. The van der Waals surface area contributed by atoms with Crippen molar-refractivity contribution >= 4 is 41.5 Å². The third-order valence-corrected chi connectivity index (χ3v) is 16.9. The summed E-state index contributed by atoms with van der Waals surface area (Å²) in [5.41, 5.74) is -3.41. The first-order valence-corrected chi connectivity index (χ1v) is 21.3. The highest BCUT2D eigenvalue weighted by Gasteiger charge is 2.69. The number of halogens is 2. The van der Waals surface area contributed by atoms with Gasteiger partial charge in [-0.15, -0.1) is 0 Å². The van der Waals surface area contributed by atoms with Crippen LogP contribution in [0.5, 0.6) is 0 Å². The van der Waals surface area contributed by atoms with E-state index in [1.807, 2.05) is 0 Å². The molecule has 308 valence electrons. The molecule has 13 aliphatic rings. The zero-order chi connectivity index (χ0) is 38.9. The molecule has 12 aliphatic carbocycles. The predicted molar refractivity (Wildman–Crippen MR) is 183 cm³/mol. The van der Waals surface area contributed by atoms with Gasteiger partial charge in [0, 0.05) is 35.5 Å². The van der Waals surface area contributed by atoms with Crippen LogP contribution in [0.2, 0.25) is 0 Å². The summed E-state index contributed by atoms with van der Waals surface area (Å²) in [6.07, 6.45) is 9.40. The van der Waals surface area contributed by atoms with Crippen molar-refractivity contribution in [2.75, 3.05) is 33.0 Å². The normalized spacial score (nSPS) is 47.8. The van der Waals surface area contributed by atoms with Gasteiger partial charge in [0.1, 0.15) is 36.8 Å². The Kier molecular flexibility index (Phi) is 8.91. The molecule has 0 radical (unpaired) electrons. The van der Waals surface area contributed by atoms with Gasteiger partial charge in [-0.25, -0.2) is 0 Å². The fourth-order valence-corrected chi connectivity index (χ4v) is 14.8. The van der Waals surface area contributed by atoms with Crippen molar-refractivity contribution in [1.82, 2.24) is 0 Å². The summed E-state index contributed by atoms with van der Waals surface area (Å²) in [7, 11) is 0. The van der Waals surface area contributed by atoms with Gasteiger partial charge in [0.2, 0.25) is 0 Å². The van der Waals surface area contributed by atoms with Crippen LogP contribution >= 0.6 is 12.0 Å². The summed E-state index contributed by atoms with van der Waals surface area (Å²) >= 11 is -0.521. The molecule has 0 amide bonds. The number of alkyl halides is 2. The van der Waals surface area contributed by atoms with E-state index in [1.54, 1.807) is 0 Å². The first-order chi connectivity index (χ1) is 26.7. The lowest BCUT2D eigenvalue weighted by molar-refractivity contribution is -0.777. The lowest BCUT2D eigenvalue weighted by Crippen LogP contribution is -2.68. The van der Waals surface area contributed by atoms with Crippen molar-refractivity contribution in [1.29, 1.82) is 0 Å². The molecule has 0 aromatic carbocycles. The van der Waals surface area contributed by atoms with Crippen LogP contribution in [0.3, 0.4) is 0 Å². The summed E-state index contributed by atoms with van der Waals surface area (Å²) in [5, 5.41) is 9.37. The molecular formula is C40H49F2O13S-. The number of esters is 3. The van der Waals surface area contributed by atoms with Crippen LogP contribution < -0.4 is 5.26 Å². The molecule has 6 atom stereocenters.